The van der Waals surface area contributed by atoms with Gasteiger partial charge >= 0.3 is 5.97 Å². The molecule has 1 heterocycles. The van der Waals surface area contributed by atoms with E-state index >= 15 is 0 Å². The van der Waals surface area contributed by atoms with Gasteiger partial charge in [-0.2, -0.15) is 5.10 Å². The summed E-state index contributed by atoms with van der Waals surface area (Å²) in [5.74, 6) is -1.15. The summed E-state index contributed by atoms with van der Waals surface area (Å²) in [7, 11) is 0. The molecule has 2 atom stereocenters. The lowest BCUT2D eigenvalue weighted by atomic mass is 9.86. The molecule has 3 rings (SSSR count). The van der Waals surface area contributed by atoms with E-state index in [1.165, 1.54) is 6.42 Å². The molecule has 1 aliphatic carbocycles. The van der Waals surface area contributed by atoms with Crippen LogP contribution < -0.4 is 10.9 Å². The van der Waals surface area contributed by atoms with Gasteiger partial charge in [0.2, 0.25) is 5.91 Å². The number of carbonyl (C=O) groups excluding carboxylic acids is 1. The van der Waals surface area contributed by atoms with Crippen LogP contribution in [0, 0.1) is 5.92 Å². The molecule has 1 amide bonds. The van der Waals surface area contributed by atoms with Gasteiger partial charge in [-0.1, -0.05) is 38.0 Å². The van der Waals surface area contributed by atoms with Crippen molar-refractivity contribution in [3.05, 3.63) is 40.3 Å². The lowest BCUT2D eigenvalue weighted by Gasteiger charge is -2.29. The Bertz CT molecular complexity index is 874. The molecule has 2 aromatic rings. The highest BCUT2D eigenvalue weighted by atomic mass is 16.4. The number of nitrogens with one attached hydrogen (secondary N) is 1. The van der Waals surface area contributed by atoms with Gasteiger partial charge in [0, 0.05) is 11.4 Å². The monoisotopic (exact) mass is 343 g/mol. The standard InChI is InChI=1S/C18H21N3O4/c1-11-6-2-5-9-14(11)19-15(22)10-21-17(23)13-8-4-3-7-12(13)16(20-21)18(24)25/h3-4,7-8,11,14H,2,5-6,9-10H2,1H3,(H,19,22)(H,24,25)/t11-,14+/m1/s1. The first-order valence-corrected chi connectivity index (χ1v) is 8.50. The van der Waals surface area contributed by atoms with Crippen molar-refractivity contribution in [1.29, 1.82) is 0 Å². The molecular weight excluding hydrogens is 322 g/mol. The molecule has 7 heteroatoms. The summed E-state index contributed by atoms with van der Waals surface area (Å²) in [6.45, 7) is 1.82. The number of carboxylic acids is 1. The second-order valence-corrected chi connectivity index (χ2v) is 6.60. The Labute approximate surface area is 144 Å². The largest absolute Gasteiger partial charge is 0.476 e. The van der Waals surface area contributed by atoms with Gasteiger partial charge in [0.15, 0.2) is 5.69 Å². The molecule has 1 aromatic carbocycles. The zero-order valence-electron chi connectivity index (χ0n) is 14.1. The average Bonchev–Trinajstić information content (AvgIpc) is 2.59. The molecular formula is C18H21N3O4. The number of hydrogen-bond donors (Lipinski definition) is 2. The number of carbonyl (C=O) groups is 2. The summed E-state index contributed by atoms with van der Waals surface area (Å²) in [5, 5.41) is 16.7. The number of rotatable bonds is 4. The molecule has 2 N–H and O–H groups in total. The molecule has 7 nitrogen and oxygen atoms in total. The number of benzene rings is 1. The van der Waals surface area contributed by atoms with E-state index in [0.29, 0.717) is 5.92 Å². The predicted molar refractivity (Wildman–Crippen MR) is 92.5 cm³/mol. The van der Waals surface area contributed by atoms with E-state index in [2.05, 4.69) is 17.3 Å². The van der Waals surface area contributed by atoms with Gasteiger partial charge in [-0.15, -0.1) is 0 Å². The van der Waals surface area contributed by atoms with Crippen molar-refractivity contribution in [2.45, 2.75) is 45.2 Å². The Kier molecular flexibility index (Phi) is 4.83. The maximum atomic E-state index is 12.5. The van der Waals surface area contributed by atoms with Crippen LogP contribution in [0.5, 0.6) is 0 Å². The summed E-state index contributed by atoms with van der Waals surface area (Å²) < 4.78 is 0.939. The molecule has 0 radical (unpaired) electrons. The van der Waals surface area contributed by atoms with Crippen molar-refractivity contribution in [2.75, 3.05) is 0 Å². The van der Waals surface area contributed by atoms with Crippen LogP contribution in [0.25, 0.3) is 10.8 Å². The molecule has 1 saturated carbocycles. The molecule has 0 spiro atoms. The van der Waals surface area contributed by atoms with Crippen LogP contribution in [-0.2, 0) is 11.3 Å². The Balaban J connectivity index is 1.88. The van der Waals surface area contributed by atoms with Crippen LogP contribution in [0.1, 0.15) is 43.1 Å². The minimum atomic E-state index is -1.23. The third-order valence-electron chi connectivity index (χ3n) is 4.82. The first-order chi connectivity index (χ1) is 12.0. The number of carboxylic acid groups (broad SMARTS) is 1. The fourth-order valence-electron chi connectivity index (χ4n) is 3.42. The maximum absolute atomic E-state index is 12.5. The van der Waals surface area contributed by atoms with Crippen molar-refractivity contribution < 1.29 is 14.7 Å². The van der Waals surface area contributed by atoms with E-state index in [0.717, 1.165) is 23.9 Å². The van der Waals surface area contributed by atoms with E-state index < -0.39 is 11.5 Å². The lowest BCUT2D eigenvalue weighted by molar-refractivity contribution is -0.123. The van der Waals surface area contributed by atoms with Gasteiger partial charge in [0.25, 0.3) is 5.56 Å². The maximum Gasteiger partial charge on any atom is 0.357 e. The van der Waals surface area contributed by atoms with Crippen LogP contribution in [-0.4, -0.2) is 32.8 Å². The number of amides is 1. The fraction of sp³-hybridized carbons (Fsp3) is 0.444. The molecule has 0 bridgehead atoms. The summed E-state index contributed by atoms with van der Waals surface area (Å²) in [5.41, 5.74) is -0.693. The van der Waals surface area contributed by atoms with Gasteiger partial charge in [-0.3, -0.25) is 9.59 Å². The molecule has 1 aliphatic rings. The van der Waals surface area contributed by atoms with Gasteiger partial charge in [-0.05, 0) is 24.8 Å². The molecule has 1 fully saturated rings. The van der Waals surface area contributed by atoms with Crippen molar-refractivity contribution >= 4 is 22.6 Å². The minimum Gasteiger partial charge on any atom is -0.476 e. The molecule has 0 saturated heterocycles. The van der Waals surface area contributed by atoms with Crippen molar-refractivity contribution in [3.63, 3.8) is 0 Å². The molecule has 0 unspecified atom stereocenters. The van der Waals surface area contributed by atoms with Crippen molar-refractivity contribution in [2.24, 2.45) is 5.92 Å². The zero-order valence-corrected chi connectivity index (χ0v) is 14.1. The van der Waals surface area contributed by atoms with E-state index in [4.69, 9.17) is 0 Å². The summed E-state index contributed by atoms with van der Waals surface area (Å²) in [6, 6.07) is 6.49. The number of aromatic nitrogens is 2. The highest BCUT2D eigenvalue weighted by molar-refractivity contribution is 6.01. The van der Waals surface area contributed by atoms with Crippen LogP contribution in [0.4, 0.5) is 0 Å². The van der Waals surface area contributed by atoms with Crippen molar-refractivity contribution in [3.8, 4) is 0 Å². The number of aromatic carboxylic acids is 1. The Morgan fingerprint density at radius 3 is 2.60 bits per heavy atom. The third-order valence-corrected chi connectivity index (χ3v) is 4.82. The third kappa shape index (κ3) is 3.55. The smallest absolute Gasteiger partial charge is 0.357 e. The summed E-state index contributed by atoms with van der Waals surface area (Å²) in [4.78, 5) is 36.3. The molecule has 0 aliphatic heterocycles. The Morgan fingerprint density at radius 1 is 1.24 bits per heavy atom. The van der Waals surface area contributed by atoms with Crippen LogP contribution in [0.3, 0.4) is 0 Å². The number of hydrogen-bond acceptors (Lipinski definition) is 4. The quantitative estimate of drug-likeness (QED) is 0.881. The predicted octanol–water partition coefficient (Wildman–Crippen LogP) is 1.79. The van der Waals surface area contributed by atoms with Crippen molar-refractivity contribution in [1.82, 2.24) is 15.1 Å². The van der Waals surface area contributed by atoms with Gasteiger partial charge in [-0.25, -0.2) is 9.48 Å². The number of fused-ring (bicyclic) bond motifs is 1. The van der Waals surface area contributed by atoms with Crippen LogP contribution in [0.15, 0.2) is 29.1 Å². The average molecular weight is 343 g/mol. The summed E-state index contributed by atoms with van der Waals surface area (Å²) in [6.07, 6.45) is 4.24. The Morgan fingerprint density at radius 2 is 1.92 bits per heavy atom. The second-order valence-electron chi connectivity index (χ2n) is 6.60. The van der Waals surface area contributed by atoms with Gasteiger partial charge in [0.05, 0.1) is 5.39 Å². The van der Waals surface area contributed by atoms with Crippen LogP contribution in [0.2, 0.25) is 0 Å². The lowest BCUT2D eigenvalue weighted by Crippen LogP contribution is -2.44. The van der Waals surface area contributed by atoms with E-state index in [-0.39, 0.29) is 35.0 Å². The van der Waals surface area contributed by atoms with E-state index in [1.54, 1.807) is 24.3 Å². The fourth-order valence-corrected chi connectivity index (χ4v) is 3.42. The summed E-state index contributed by atoms with van der Waals surface area (Å²) >= 11 is 0. The number of nitrogens with zero attached hydrogens (tertiary/aromatic N) is 2. The van der Waals surface area contributed by atoms with Crippen LogP contribution >= 0.6 is 0 Å². The molecule has 132 valence electrons. The minimum absolute atomic E-state index is 0.0938. The Hall–Kier alpha value is -2.70. The highest BCUT2D eigenvalue weighted by Crippen LogP contribution is 2.23. The van der Waals surface area contributed by atoms with Gasteiger partial charge < -0.3 is 10.4 Å². The van der Waals surface area contributed by atoms with E-state index in [1.807, 2.05) is 0 Å². The molecule has 1 aromatic heterocycles. The molecule has 25 heavy (non-hydrogen) atoms. The first-order valence-electron chi connectivity index (χ1n) is 8.50. The van der Waals surface area contributed by atoms with E-state index in [9.17, 15) is 19.5 Å². The highest BCUT2D eigenvalue weighted by Gasteiger charge is 2.23. The first kappa shape index (κ1) is 17.1. The topological polar surface area (TPSA) is 101 Å². The van der Waals surface area contributed by atoms with Gasteiger partial charge in [0.1, 0.15) is 6.54 Å². The zero-order chi connectivity index (χ0) is 18.0. The SMILES string of the molecule is C[C@@H]1CCCC[C@@H]1NC(=O)Cn1nc(C(=O)O)c2ccccc2c1=O. The second kappa shape index (κ2) is 7.04. The normalized spacial score (nSPS) is 20.4.